The maximum atomic E-state index is 6.22. The van der Waals surface area contributed by atoms with Crippen LogP contribution in [0.5, 0.6) is 5.75 Å². The lowest BCUT2D eigenvalue weighted by atomic mass is 10.0. The monoisotopic (exact) mass is 292 g/mol. The van der Waals surface area contributed by atoms with E-state index in [9.17, 15) is 0 Å². The lowest BCUT2D eigenvalue weighted by Gasteiger charge is -2.14. The third-order valence-electron chi connectivity index (χ3n) is 3.99. The van der Waals surface area contributed by atoms with Gasteiger partial charge in [0.25, 0.3) is 0 Å². The molecule has 0 radical (unpaired) electrons. The molecule has 21 heavy (non-hydrogen) atoms. The summed E-state index contributed by atoms with van der Waals surface area (Å²) in [4.78, 5) is 4.36. The minimum atomic E-state index is -0.00861. The highest BCUT2D eigenvalue weighted by Crippen LogP contribution is 2.24. The molecule has 0 aliphatic rings. The van der Waals surface area contributed by atoms with Crippen LogP contribution in [0.3, 0.4) is 0 Å². The van der Waals surface area contributed by atoms with Crippen LogP contribution in [-0.4, -0.2) is 12.1 Å². The first kappa shape index (κ1) is 18.0. The molecule has 1 heterocycles. The van der Waals surface area contributed by atoms with Gasteiger partial charge >= 0.3 is 0 Å². The molecule has 0 bridgehead atoms. The Morgan fingerprint density at radius 2 is 1.67 bits per heavy atom. The number of ether oxygens (including phenoxy) is 1. The topological polar surface area (TPSA) is 48.1 Å². The molecule has 1 aromatic heterocycles. The van der Waals surface area contributed by atoms with E-state index in [-0.39, 0.29) is 6.04 Å². The smallest absolute Gasteiger partial charge is 0.141 e. The van der Waals surface area contributed by atoms with Gasteiger partial charge in [0.1, 0.15) is 5.75 Å². The van der Waals surface area contributed by atoms with Gasteiger partial charge in [-0.2, -0.15) is 0 Å². The minimum absolute atomic E-state index is 0.00861. The Morgan fingerprint density at radius 3 is 2.29 bits per heavy atom. The molecule has 2 N–H and O–H groups in total. The lowest BCUT2D eigenvalue weighted by Crippen LogP contribution is -2.13. The summed E-state index contributed by atoms with van der Waals surface area (Å²) >= 11 is 0. The molecule has 0 aromatic carbocycles. The zero-order valence-electron chi connectivity index (χ0n) is 13.8. The maximum Gasteiger partial charge on any atom is 0.141 e. The average Bonchev–Trinajstić information content (AvgIpc) is 2.53. The van der Waals surface area contributed by atoms with Crippen molar-refractivity contribution >= 4 is 0 Å². The molecule has 0 saturated heterocycles. The first-order valence-corrected chi connectivity index (χ1v) is 8.54. The van der Waals surface area contributed by atoms with Gasteiger partial charge in [-0.1, -0.05) is 64.7 Å². The maximum absolute atomic E-state index is 6.22. The van der Waals surface area contributed by atoms with Crippen LogP contribution in [0.4, 0.5) is 0 Å². The minimum Gasteiger partial charge on any atom is -0.495 e. The van der Waals surface area contributed by atoms with Crippen LogP contribution in [0.2, 0.25) is 0 Å². The summed E-state index contributed by atoms with van der Waals surface area (Å²) in [5, 5.41) is 0. The lowest BCUT2D eigenvalue weighted by molar-refractivity contribution is 0.398. The van der Waals surface area contributed by atoms with Crippen molar-refractivity contribution in [3.63, 3.8) is 0 Å². The molecule has 1 atom stereocenters. The number of aromatic nitrogens is 1. The van der Waals surface area contributed by atoms with Crippen molar-refractivity contribution in [3.05, 3.63) is 24.0 Å². The van der Waals surface area contributed by atoms with E-state index in [2.05, 4.69) is 11.9 Å². The van der Waals surface area contributed by atoms with Gasteiger partial charge in [0.2, 0.25) is 0 Å². The molecular formula is C18H32N2O. The van der Waals surface area contributed by atoms with E-state index in [0.717, 1.165) is 17.9 Å². The van der Waals surface area contributed by atoms with Crippen molar-refractivity contribution < 1.29 is 4.74 Å². The highest BCUT2D eigenvalue weighted by Gasteiger charge is 2.12. The fourth-order valence-electron chi connectivity index (χ4n) is 2.67. The van der Waals surface area contributed by atoms with Crippen molar-refractivity contribution in [1.82, 2.24) is 4.98 Å². The SMILES string of the molecule is CCCCCCCCCCCC(N)c1ncccc1OC. The Bertz CT molecular complexity index is 368. The van der Waals surface area contributed by atoms with Gasteiger partial charge in [0.05, 0.1) is 18.8 Å². The number of hydrogen-bond donors (Lipinski definition) is 1. The van der Waals surface area contributed by atoms with E-state index in [4.69, 9.17) is 10.5 Å². The molecular weight excluding hydrogens is 260 g/mol. The van der Waals surface area contributed by atoms with E-state index >= 15 is 0 Å². The first-order valence-electron chi connectivity index (χ1n) is 8.54. The Labute approximate surface area is 130 Å². The molecule has 0 saturated carbocycles. The van der Waals surface area contributed by atoms with Crippen molar-refractivity contribution in [2.75, 3.05) is 7.11 Å². The van der Waals surface area contributed by atoms with Crippen LogP contribution >= 0.6 is 0 Å². The Balaban J connectivity index is 2.09. The third-order valence-corrected chi connectivity index (χ3v) is 3.99. The molecule has 0 amide bonds. The van der Waals surface area contributed by atoms with Gasteiger partial charge in [-0.3, -0.25) is 4.98 Å². The van der Waals surface area contributed by atoms with Crippen LogP contribution in [0.15, 0.2) is 18.3 Å². The summed E-state index contributed by atoms with van der Waals surface area (Å²) in [6.07, 6.45) is 14.8. The summed E-state index contributed by atoms with van der Waals surface area (Å²) in [6, 6.07) is 3.80. The normalized spacial score (nSPS) is 12.3. The zero-order chi connectivity index (χ0) is 15.3. The van der Waals surface area contributed by atoms with Gasteiger partial charge < -0.3 is 10.5 Å². The van der Waals surface area contributed by atoms with Crippen LogP contribution in [0.25, 0.3) is 0 Å². The molecule has 1 aromatic rings. The highest BCUT2D eigenvalue weighted by atomic mass is 16.5. The van der Waals surface area contributed by atoms with Gasteiger partial charge in [-0.15, -0.1) is 0 Å². The number of nitrogens with zero attached hydrogens (tertiary/aromatic N) is 1. The second kappa shape index (κ2) is 11.6. The number of rotatable bonds is 12. The standard InChI is InChI=1S/C18H32N2O/c1-3-4-5-6-7-8-9-10-11-13-16(19)18-17(21-2)14-12-15-20-18/h12,14-16H,3-11,13,19H2,1-2H3. The second-order valence-corrected chi connectivity index (χ2v) is 5.81. The summed E-state index contributed by atoms with van der Waals surface area (Å²) in [5.74, 6) is 0.806. The van der Waals surface area contributed by atoms with E-state index in [1.165, 1.54) is 57.8 Å². The van der Waals surface area contributed by atoms with E-state index in [1.807, 2.05) is 12.1 Å². The predicted octanol–water partition coefficient (Wildman–Crippen LogP) is 5.01. The van der Waals surface area contributed by atoms with E-state index in [1.54, 1.807) is 13.3 Å². The second-order valence-electron chi connectivity index (χ2n) is 5.81. The molecule has 3 heteroatoms. The molecule has 1 rings (SSSR count). The van der Waals surface area contributed by atoms with Gasteiger partial charge in [0, 0.05) is 6.20 Å². The van der Waals surface area contributed by atoms with Crippen LogP contribution in [0, 0.1) is 0 Å². The molecule has 3 nitrogen and oxygen atoms in total. The average molecular weight is 292 g/mol. The van der Waals surface area contributed by atoms with Gasteiger partial charge in [-0.25, -0.2) is 0 Å². The molecule has 120 valence electrons. The van der Waals surface area contributed by atoms with Crippen LogP contribution in [-0.2, 0) is 0 Å². The molecule has 0 aliphatic carbocycles. The number of pyridine rings is 1. The summed E-state index contributed by atoms with van der Waals surface area (Å²) in [5.41, 5.74) is 7.11. The van der Waals surface area contributed by atoms with Crippen molar-refractivity contribution in [3.8, 4) is 5.75 Å². The highest BCUT2D eigenvalue weighted by molar-refractivity contribution is 5.29. The fraction of sp³-hybridized carbons (Fsp3) is 0.722. The zero-order valence-corrected chi connectivity index (χ0v) is 13.8. The molecule has 0 fully saturated rings. The summed E-state index contributed by atoms with van der Waals surface area (Å²) < 4.78 is 5.32. The number of unbranched alkanes of at least 4 members (excludes halogenated alkanes) is 8. The van der Waals surface area contributed by atoms with E-state index < -0.39 is 0 Å². The predicted molar refractivity (Wildman–Crippen MR) is 89.6 cm³/mol. The number of methoxy groups -OCH3 is 1. The summed E-state index contributed by atoms with van der Waals surface area (Å²) in [6.45, 7) is 2.26. The van der Waals surface area contributed by atoms with Crippen molar-refractivity contribution in [2.24, 2.45) is 5.73 Å². The largest absolute Gasteiger partial charge is 0.495 e. The number of hydrogen-bond acceptors (Lipinski definition) is 3. The Kier molecular flexibility index (Phi) is 9.88. The third kappa shape index (κ3) is 7.47. The molecule has 1 unspecified atom stereocenters. The Morgan fingerprint density at radius 1 is 1.05 bits per heavy atom. The molecule has 0 spiro atoms. The first-order chi connectivity index (χ1) is 10.3. The van der Waals surface area contributed by atoms with E-state index in [0.29, 0.717) is 0 Å². The number of nitrogens with two attached hydrogens (primary N) is 1. The van der Waals surface area contributed by atoms with Crippen LogP contribution in [0.1, 0.15) is 82.9 Å². The summed E-state index contributed by atoms with van der Waals surface area (Å²) in [7, 11) is 1.67. The molecule has 0 aliphatic heterocycles. The van der Waals surface area contributed by atoms with Crippen molar-refractivity contribution in [1.29, 1.82) is 0 Å². The quantitative estimate of drug-likeness (QED) is 0.551. The van der Waals surface area contributed by atoms with Gasteiger partial charge in [0.15, 0.2) is 0 Å². The Hall–Kier alpha value is -1.09. The van der Waals surface area contributed by atoms with Crippen LogP contribution < -0.4 is 10.5 Å². The van der Waals surface area contributed by atoms with Gasteiger partial charge in [-0.05, 0) is 18.6 Å². The van der Waals surface area contributed by atoms with Crippen molar-refractivity contribution in [2.45, 2.75) is 77.2 Å². The fourth-order valence-corrected chi connectivity index (χ4v) is 2.67.